The van der Waals surface area contributed by atoms with E-state index >= 15 is 0 Å². The maximum atomic E-state index is 6.76. The Kier molecular flexibility index (Phi) is 7.70. The lowest BCUT2D eigenvalue weighted by atomic mass is 10.0. The molecular weight excluding hydrogens is 709 g/mol. The number of benzene rings is 9. The summed E-state index contributed by atoms with van der Waals surface area (Å²) in [5, 5.41) is 8.80. The van der Waals surface area contributed by atoms with Gasteiger partial charge in [0.2, 0.25) is 0 Å². The molecule has 0 unspecified atom stereocenters. The maximum absolute atomic E-state index is 6.76. The topological polar surface area (TPSA) is 32.8 Å². The van der Waals surface area contributed by atoms with E-state index in [9.17, 15) is 0 Å². The molecule has 0 aliphatic rings. The largest absolute Gasteiger partial charge is 0.452 e. The van der Waals surface area contributed by atoms with Crippen molar-refractivity contribution in [1.82, 2.24) is 0 Å². The molecule has 0 aliphatic heterocycles. The molecule has 278 valence electrons. The number of hydrogen-bond donors (Lipinski definition) is 0. The highest BCUT2D eigenvalue weighted by atomic mass is 16.4. The van der Waals surface area contributed by atoms with E-state index in [4.69, 9.17) is 8.83 Å². The standard InChI is InChI=1S/C54H40N2O2/c1-33-13-19-41(20-14-33)55(49-11-7-5-9-35(49)3)43-23-17-37-29-47-45-25-26-46-48-30-38-18-24-44(56(42-21-15-34(2)16-22-42)50-12-8-6-10-36(50)4)28-40(38)32-52(48)58-54(46)53(45)57-51(47)31-39(37)27-43/h5-32H,1-4H3. The number of fused-ring (bicyclic) bond motifs is 9. The van der Waals surface area contributed by atoms with Crippen molar-refractivity contribution in [2.24, 2.45) is 0 Å². The average molecular weight is 749 g/mol. The van der Waals surface area contributed by atoms with E-state index in [2.05, 4.69) is 207 Å². The summed E-state index contributed by atoms with van der Waals surface area (Å²) in [6, 6.07) is 61.2. The van der Waals surface area contributed by atoms with Crippen molar-refractivity contribution < 1.29 is 8.83 Å². The second-order valence-corrected chi connectivity index (χ2v) is 15.7. The van der Waals surface area contributed by atoms with Crippen LogP contribution in [0.3, 0.4) is 0 Å². The lowest BCUT2D eigenvalue weighted by Gasteiger charge is -2.27. The van der Waals surface area contributed by atoms with Crippen LogP contribution < -0.4 is 9.80 Å². The molecule has 0 saturated heterocycles. The van der Waals surface area contributed by atoms with Crippen LogP contribution in [0.4, 0.5) is 34.1 Å². The summed E-state index contributed by atoms with van der Waals surface area (Å²) in [4.78, 5) is 4.68. The third-order valence-corrected chi connectivity index (χ3v) is 11.8. The number of aryl methyl sites for hydroxylation is 4. The Hall–Kier alpha value is -7.30. The van der Waals surface area contributed by atoms with E-state index in [1.807, 2.05) is 0 Å². The van der Waals surface area contributed by atoms with Gasteiger partial charge in [-0.3, -0.25) is 0 Å². The molecule has 0 bridgehead atoms. The summed E-state index contributed by atoms with van der Waals surface area (Å²) < 4.78 is 13.5. The van der Waals surface area contributed by atoms with Gasteiger partial charge in [-0.25, -0.2) is 0 Å². The molecule has 0 atom stereocenters. The molecule has 0 fully saturated rings. The van der Waals surface area contributed by atoms with Gasteiger partial charge in [-0.05, 0) is 157 Å². The zero-order chi connectivity index (χ0) is 39.1. The van der Waals surface area contributed by atoms with Crippen LogP contribution in [0, 0.1) is 27.7 Å². The third kappa shape index (κ3) is 5.52. The molecule has 11 aromatic rings. The van der Waals surface area contributed by atoms with Crippen LogP contribution in [0.15, 0.2) is 179 Å². The molecule has 0 aliphatic carbocycles. The summed E-state index contributed by atoms with van der Waals surface area (Å²) in [6.45, 7) is 8.59. The lowest BCUT2D eigenvalue weighted by Crippen LogP contribution is -2.11. The Morgan fingerprint density at radius 1 is 0.328 bits per heavy atom. The highest BCUT2D eigenvalue weighted by Gasteiger charge is 2.20. The molecule has 0 spiro atoms. The van der Waals surface area contributed by atoms with E-state index in [0.717, 1.165) is 99.5 Å². The Bertz CT molecular complexity index is 3160. The lowest BCUT2D eigenvalue weighted by molar-refractivity contribution is 0.634. The molecule has 9 aromatic carbocycles. The first kappa shape index (κ1) is 34.0. The molecule has 58 heavy (non-hydrogen) atoms. The SMILES string of the molecule is Cc1ccc(N(c2ccc3cc4c(cc3c2)oc2c4ccc3c4cc5ccc(N(c6ccc(C)cc6)c6ccccc6C)cc5cc4oc32)c2ccccc2C)cc1. The van der Waals surface area contributed by atoms with Crippen LogP contribution in [0.5, 0.6) is 0 Å². The third-order valence-electron chi connectivity index (χ3n) is 11.8. The molecule has 4 heteroatoms. The molecule has 2 aromatic heterocycles. The summed E-state index contributed by atoms with van der Waals surface area (Å²) in [7, 11) is 0. The highest BCUT2D eigenvalue weighted by Crippen LogP contribution is 2.44. The van der Waals surface area contributed by atoms with Gasteiger partial charge < -0.3 is 18.6 Å². The molecule has 0 saturated carbocycles. The van der Waals surface area contributed by atoms with E-state index in [1.165, 1.54) is 22.3 Å². The quantitative estimate of drug-likeness (QED) is 0.170. The Morgan fingerprint density at radius 3 is 1.14 bits per heavy atom. The van der Waals surface area contributed by atoms with Crippen LogP contribution in [-0.2, 0) is 0 Å². The van der Waals surface area contributed by atoms with Crippen LogP contribution in [-0.4, -0.2) is 0 Å². The molecule has 0 N–H and O–H groups in total. The van der Waals surface area contributed by atoms with Crippen molar-refractivity contribution >= 4 is 99.5 Å². The number of nitrogens with zero attached hydrogens (tertiary/aromatic N) is 2. The second-order valence-electron chi connectivity index (χ2n) is 15.7. The van der Waals surface area contributed by atoms with E-state index in [1.54, 1.807) is 0 Å². The zero-order valence-electron chi connectivity index (χ0n) is 32.9. The number of anilines is 6. The van der Waals surface area contributed by atoms with Crippen molar-refractivity contribution in [1.29, 1.82) is 0 Å². The zero-order valence-corrected chi connectivity index (χ0v) is 32.9. The van der Waals surface area contributed by atoms with Gasteiger partial charge in [-0.2, -0.15) is 0 Å². The average Bonchev–Trinajstić information content (AvgIpc) is 3.79. The van der Waals surface area contributed by atoms with Crippen molar-refractivity contribution in [3.05, 3.63) is 192 Å². The minimum atomic E-state index is 0.773. The van der Waals surface area contributed by atoms with Gasteiger partial charge in [-0.1, -0.05) is 83.9 Å². The molecule has 11 rings (SSSR count). The van der Waals surface area contributed by atoms with Crippen molar-refractivity contribution in [2.75, 3.05) is 9.80 Å². The van der Waals surface area contributed by atoms with Gasteiger partial charge in [0, 0.05) is 55.7 Å². The van der Waals surface area contributed by atoms with Crippen molar-refractivity contribution in [3.63, 3.8) is 0 Å². The fourth-order valence-corrected chi connectivity index (χ4v) is 8.68. The number of rotatable bonds is 6. The highest BCUT2D eigenvalue weighted by molar-refractivity contribution is 6.21. The normalized spacial score (nSPS) is 11.8. The first-order valence-electron chi connectivity index (χ1n) is 19.9. The minimum absolute atomic E-state index is 0.773. The smallest absolute Gasteiger partial charge is 0.178 e. The van der Waals surface area contributed by atoms with Gasteiger partial charge in [0.15, 0.2) is 11.2 Å². The number of furan rings is 2. The summed E-state index contributed by atoms with van der Waals surface area (Å²) >= 11 is 0. The van der Waals surface area contributed by atoms with E-state index in [-0.39, 0.29) is 0 Å². The van der Waals surface area contributed by atoms with Gasteiger partial charge in [0.1, 0.15) is 11.2 Å². The van der Waals surface area contributed by atoms with Crippen LogP contribution in [0.2, 0.25) is 0 Å². The first-order valence-corrected chi connectivity index (χ1v) is 19.9. The summed E-state index contributed by atoms with van der Waals surface area (Å²) in [5.41, 5.74) is 14.9. The van der Waals surface area contributed by atoms with Gasteiger partial charge >= 0.3 is 0 Å². The fraction of sp³-hybridized carbons (Fsp3) is 0.0741. The van der Waals surface area contributed by atoms with Crippen LogP contribution in [0.1, 0.15) is 22.3 Å². The van der Waals surface area contributed by atoms with Crippen LogP contribution >= 0.6 is 0 Å². The fourth-order valence-electron chi connectivity index (χ4n) is 8.68. The van der Waals surface area contributed by atoms with Gasteiger partial charge in [0.25, 0.3) is 0 Å². The predicted molar refractivity (Wildman–Crippen MR) is 244 cm³/mol. The monoisotopic (exact) mass is 748 g/mol. The summed E-state index contributed by atoms with van der Waals surface area (Å²) in [5.74, 6) is 0. The Balaban J connectivity index is 1.03. The Morgan fingerprint density at radius 2 is 0.724 bits per heavy atom. The Labute approximate surface area is 336 Å². The molecule has 0 radical (unpaired) electrons. The minimum Gasteiger partial charge on any atom is -0.452 e. The maximum Gasteiger partial charge on any atom is 0.178 e. The van der Waals surface area contributed by atoms with E-state index < -0.39 is 0 Å². The first-order chi connectivity index (χ1) is 28.4. The predicted octanol–water partition coefficient (Wildman–Crippen LogP) is 16.0. The number of hydrogen-bond acceptors (Lipinski definition) is 4. The molecule has 0 amide bonds. The van der Waals surface area contributed by atoms with Gasteiger partial charge in [-0.15, -0.1) is 0 Å². The second kappa shape index (κ2) is 13.1. The summed E-state index contributed by atoms with van der Waals surface area (Å²) in [6.07, 6.45) is 0. The van der Waals surface area contributed by atoms with Gasteiger partial charge in [0.05, 0.1) is 0 Å². The van der Waals surface area contributed by atoms with Crippen LogP contribution in [0.25, 0.3) is 65.4 Å². The van der Waals surface area contributed by atoms with Crippen molar-refractivity contribution in [2.45, 2.75) is 27.7 Å². The number of para-hydroxylation sites is 2. The molecule has 2 heterocycles. The van der Waals surface area contributed by atoms with Crippen molar-refractivity contribution in [3.8, 4) is 0 Å². The van der Waals surface area contributed by atoms with E-state index in [0.29, 0.717) is 0 Å². The molecule has 4 nitrogen and oxygen atoms in total. The molecular formula is C54H40N2O2.